The van der Waals surface area contributed by atoms with Crippen LogP contribution in [-0.2, 0) is 0 Å². The molecule has 72 valence electrons. The molecule has 0 saturated heterocycles. The van der Waals surface area contributed by atoms with Crippen molar-refractivity contribution in [3.05, 3.63) is 12.2 Å². The predicted molar refractivity (Wildman–Crippen MR) is 55.3 cm³/mol. The Balaban J connectivity index is 1.94. The summed E-state index contributed by atoms with van der Waals surface area (Å²) >= 11 is 0. The molecule has 2 bridgehead atoms. The van der Waals surface area contributed by atoms with Gasteiger partial charge in [-0.15, -0.1) is 0 Å². The van der Waals surface area contributed by atoms with Crippen LogP contribution >= 0.6 is 0 Å². The molecule has 5 unspecified atom stereocenters. The summed E-state index contributed by atoms with van der Waals surface area (Å²) in [6.07, 6.45) is 11.0. The highest BCUT2D eigenvalue weighted by Crippen LogP contribution is 2.62. The van der Waals surface area contributed by atoms with Gasteiger partial charge < -0.3 is 0 Å². The van der Waals surface area contributed by atoms with Gasteiger partial charge in [0.25, 0.3) is 0 Å². The van der Waals surface area contributed by atoms with Crippen molar-refractivity contribution in [2.24, 2.45) is 29.1 Å². The molecule has 2 fully saturated rings. The maximum absolute atomic E-state index is 2.55. The van der Waals surface area contributed by atoms with Crippen molar-refractivity contribution in [1.82, 2.24) is 0 Å². The highest BCUT2D eigenvalue weighted by atomic mass is 14.6. The van der Waals surface area contributed by atoms with E-state index >= 15 is 0 Å². The van der Waals surface area contributed by atoms with Crippen LogP contribution in [0.15, 0.2) is 12.2 Å². The normalized spacial score (nSPS) is 58.3. The molecule has 2 saturated carbocycles. The molecule has 3 rings (SSSR count). The monoisotopic (exact) mass is 176 g/mol. The van der Waals surface area contributed by atoms with Crippen molar-refractivity contribution in [2.45, 2.75) is 39.5 Å². The molecule has 0 aliphatic heterocycles. The van der Waals surface area contributed by atoms with E-state index in [1.165, 1.54) is 25.7 Å². The Morgan fingerprint density at radius 3 is 2.92 bits per heavy atom. The van der Waals surface area contributed by atoms with Gasteiger partial charge in [0.05, 0.1) is 0 Å². The Morgan fingerprint density at radius 2 is 2.08 bits per heavy atom. The third kappa shape index (κ3) is 0.923. The summed E-state index contributed by atoms with van der Waals surface area (Å²) in [5.74, 6) is 3.92. The van der Waals surface area contributed by atoms with Gasteiger partial charge in [0, 0.05) is 0 Å². The minimum absolute atomic E-state index is 0.700. The topological polar surface area (TPSA) is 0 Å². The number of hydrogen-bond donors (Lipinski definition) is 0. The minimum atomic E-state index is 0.700. The van der Waals surface area contributed by atoms with Crippen LogP contribution in [0.5, 0.6) is 0 Å². The number of allylic oxidation sites excluding steroid dienone is 2. The predicted octanol–water partition coefficient (Wildman–Crippen LogP) is 3.63. The van der Waals surface area contributed by atoms with E-state index in [1.54, 1.807) is 0 Å². The lowest BCUT2D eigenvalue weighted by molar-refractivity contribution is 0.0741. The van der Waals surface area contributed by atoms with Gasteiger partial charge in [-0.25, -0.2) is 0 Å². The zero-order chi connectivity index (χ0) is 9.05. The summed E-state index contributed by atoms with van der Waals surface area (Å²) < 4.78 is 0. The van der Waals surface area contributed by atoms with Gasteiger partial charge >= 0.3 is 0 Å². The van der Waals surface area contributed by atoms with Crippen LogP contribution in [0.25, 0.3) is 0 Å². The van der Waals surface area contributed by atoms with E-state index in [0.717, 1.165) is 23.7 Å². The zero-order valence-electron chi connectivity index (χ0n) is 8.79. The molecule has 0 amide bonds. The van der Waals surface area contributed by atoms with Crippen LogP contribution in [0.4, 0.5) is 0 Å². The second-order valence-corrected chi connectivity index (χ2v) is 5.88. The molecule has 0 spiro atoms. The fourth-order valence-corrected chi connectivity index (χ4v) is 4.20. The Hall–Kier alpha value is -0.260. The van der Waals surface area contributed by atoms with Crippen molar-refractivity contribution in [3.8, 4) is 0 Å². The molecule has 0 heteroatoms. The highest BCUT2D eigenvalue weighted by Gasteiger charge is 2.54. The first-order valence-corrected chi connectivity index (χ1v) is 5.88. The van der Waals surface area contributed by atoms with E-state index in [-0.39, 0.29) is 0 Å². The van der Waals surface area contributed by atoms with E-state index in [4.69, 9.17) is 0 Å². The molecule has 5 atom stereocenters. The molecule has 0 nitrogen and oxygen atoms in total. The van der Waals surface area contributed by atoms with Gasteiger partial charge in [0.15, 0.2) is 0 Å². The Morgan fingerprint density at radius 1 is 1.23 bits per heavy atom. The lowest BCUT2D eigenvalue weighted by atomic mass is 9.60. The summed E-state index contributed by atoms with van der Waals surface area (Å²) in [6.45, 7) is 4.99. The zero-order valence-corrected chi connectivity index (χ0v) is 8.79. The first-order chi connectivity index (χ1) is 6.20. The van der Waals surface area contributed by atoms with Gasteiger partial charge in [-0.3, -0.25) is 0 Å². The maximum Gasteiger partial charge on any atom is -0.0171 e. The molecule has 0 heterocycles. The third-order valence-corrected chi connectivity index (χ3v) is 5.16. The molecule has 3 aliphatic carbocycles. The Kier molecular flexibility index (Phi) is 1.49. The fraction of sp³-hybridized carbons (Fsp3) is 0.846. The Bertz CT molecular complexity index is 253. The second kappa shape index (κ2) is 2.40. The number of hydrogen-bond acceptors (Lipinski definition) is 0. The van der Waals surface area contributed by atoms with Crippen LogP contribution < -0.4 is 0 Å². The van der Waals surface area contributed by atoms with Crippen LogP contribution in [0.3, 0.4) is 0 Å². The van der Waals surface area contributed by atoms with E-state index in [2.05, 4.69) is 26.0 Å². The van der Waals surface area contributed by atoms with E-state index < -0.39 is 0 Å². The molecule has 0 aromatic rings. The van der Waals surface area contributed by atoms with Crippen molar-refractivity contribution < 1.29 is 0 Å². The van der Waals surface area contributed by atoms with Crippen LogP contribution in [-0.4, -0.2) is 0 Å². The number of rotatable bonds is 0. The average Bonchev–Trinajstić information content (AvgIpc) is 2.66. The molecular weight excluding hydrogens is 156 g/mol. The quantitative estimate of drug-likeness (QED) is 0.494. The summed E-state index contributed by atoms with van der Waals surface area (Å²) in [5, 5.41) is 0. The second-order valence-electron chi connectivity index (χ2n) is 5.88. The highest BCUT2D eigenvalue weighted by molar-refractivity contribution is 5.18. The van der Waals surface area contributed by atoms with Crippen molar-refractivity contribution in [1.29, 1.82) is 0 Å². The lowest BCUT2D eigenvalue weighted by Crippen LogP contribution is -2.36. The molecule has 0 aromatic heterocycles. The lowest BCUT2D eigenvalue weighted by Gasteiger charge is -2.45. The molecule has 0 aromatic carbocycles. The smallest absolute Gasteiger partial charge is 0.0171 e. The van der Waals surface area contributed by atoms with Gasteiger partial charge in [0.1, 0.15) is 0 Å². The van der Waals surface area contributed by atoms with E-state index in [0.29, 0.717) is 5.41 Å². The summed E-state index contributed by atoms with van der Waals surface area (Å²) in [4.78, 5) is 0. The molecule has 0 radical (unpaired) electrons. The van der Waals surface area contributed by atoms with Gasteiger partial charge in [-0.05, 0) is 48.3 Å². The van der Waals surface area contributed by atoms with Crippen LogP contribution in [0, 0.1) is 29.1 Å². The van der Waals surface area contributed by atoms with Gasteiger partial charge in [-0.1, -0.05) is 32.4 Å². The summed E-state index contributed by atoms with van der Waals surface area (Å²) in [6, 6.07) is 0. The molecular formula is C13H20. The molecule has 0 N–H and O–H groups in total. The molecule has 13 heavy (non-hydrogen) atoms. The number of fused-ring (bicyclic) bond motifs is 5. The van der Waals surface area contributed by atoms with Crippen molar-refractivity contribution in [3.63, 3.8) is 0 Å². The minimum Gasteiger partial charge on any atom is -0.0848 e. The SMILES string of the molecule is CC1CCC2(C)C3C=CC(C3)C2C1. The molecule has 3 aliphatic rings. The van der Waals surface area contributed by atoms with E-state index in [1.807, 2.05) is 0 Å². The van der Waals surface area contributed by atoms with Crippen LogP contribution in [0.1, 0.15) is 39.5 Å². The largest absolute Gasteiger partial charge is 0.0848 e. The Labute approximate surface area is 81.4 Å². The van der Waals surface area contributed by atoms with Gasteiger partial charge in [-0.2, -0.15) is 0 Å². The van der Waals surface area contributed by atoms with E-state index in [9.17, 15) is 0 Å². The summed E-state index contributed by atoms with van der Waals surface area (Å²) in [7, 11) is 0. The fourth-order valence-electron chi connectivity index (χ4n) is 4.20. The summed E-state index contributed by atoms with van der Waals surface area (Å²) in [5.41, 5.74) is 0.700. The van der Waals surface area contributed by atoms with Crippen molar-refractivity contribution >= 4 is 0 Å². The third-order valence-electron chi connectivity index (χ3n) is 5.16. The first-order valence-electron chi connectivity index (χ1n) is 5.88. The maximum atomic E-state index is 2.55. The van der Waals surface area contributed by atoms with Crippen molar-refractivity contribution in [2.75, 3.05) is 0 Å². The van der Waals surface area contributed by atoms with Crippen LogP contribution in [0.2, 0.25) is 0 Å². The first kappa shape index (κ1) is 8.08. The van der Waals surface area contributed by atoms with Gasteiger partial charge in [0.2, 0.25) is 0 Å². The average molecular weight is 176 g/mol. The standard InChI is InChI=1S/C13H20/c1-9-5-6-13(2)11-4-3-10(8-11)12(13)7-9/h3-4,9-12H,5-8H2,1-2H3.